The van der Waals surface area contributed by atoms with Crippen molar-refractivity contribution in [1.29, 1.82) is 0 Å². The first-order valence-electron chi connectivity index (χ1n) is 11.9. The lowest BCUT2D eigenvalue weighted by atomic mass is 9.96. The molecular weight excluding hydrogens is 386 g/mol. The quantitative estimate of drug-likeness (QED) is 0.795. The van der Waals surface area contributed by atoms with E-state index in [2.05, 4.69) is 32.7 Å². The predicted molar refractivity (Wildman–Crippen MR) is 124 cm³/mol. The Bertz CT molecular complexity index is 872. The third-order valence-electron chi connectivity index (χ3n) is 7.06. The third kappa shape index (κ3) is 4.76. The van der Waals surface area contributed by atoms with Crippen LogP contribution < -0.4 is 15.5 Å². The Morgan fingerprint density at radius 2 is 2.06 bits per heavy atom. The number of anilines is 1. The van der Waals surface area contributed by atoms with E-state index in [4.69, 9.17) is 9.72 Å². The molecule has 0 aromatic carbocycles. The van der Waals surface area contributed by atoms with Gasteiger partial charge in [-0.05, 0) is 75.3 Å². The van der Waals surface area contributed by atoms with Gasteiger partial charge in [0.2, 0.25) is 0 Å². The number of likely N-dealkylation sites (N-methyl/N-ethyl adjacent to an activating group) is 1. The van der Waals surface area contributed by atoms with E-state index in [1.165, 1.54) is 66.7 Å². The minimum atomic E-state index is 0.153. The molecule has 1 atom stereocenters. The summed E-state index contributed by atoms with van der Waals surface area (Å²) in [7, 11) is 2.01. The number of pyridine rings is 2. The highest BCUT2D eigenvalue weighted by Crippen LogP contribution is 2.43. The Kier molecular flexibility index (Phi) is 6.21. The molecule has 2 aliphatic heterocycles. The molecule has 2 N–H and O–H groups in total. The lowest BCUT2D eigenvalue weighted by Gasteiger charge is -2.37. The summed E-state index contributed by atoms with van der Waals surface area (Å²) in [6, 6.07) is 6.89. The van der Waals surface area contributed by atoms with Crippen LogP contribution in [0.1, 0.15) is 48.1 Å². The number of hydrogen-bond acceptors (Lipinski definition) is 6. The van der Waals surface area contributed by atoms with Crippen LogP contribution in [0.2, 0.25) is 0 Å². The average molecular weight is 422 g/mol. The fourth-order valence-corrected chi connectivity index (χ4v) is 5.14. The Balaban J connectivity index is 0.000000171. The van der Waals surface area contributed by atoms with Gasteiger partial charge in [-0.2, -0.15) is 0 Å². The van der Waals surface area contributed by atoms with Crippen molar-refractivity contribution in [1.82, 2.24) is 20.6 Å². The zero-order chi connectivity index (χ0) is 21.1. The lowest BCUT2D eigenvalue weighted by Crippen LogP contribution is -2.46. The fourth-order valence-electron chi connectivity index (χ4n) is 5.14. The molecule has 166 valence electrons. The van der Waals surface area contributed by atoms with Crippen LogP contribution in [0.3, 0.4) is 0 Å². The van der Waals surface area contributed by atoms with Gasteiger partial charge in [0.05, 0.1) is 12.2 Å². The number of aromatic nitrogens is 2. The molecule has 0 radical (unpaired) electrons. The topological polar surface area (TPSA) is 62.3 Å². The largest absolute Gasteiger partial charge is 0.371 e. The van der Waals surface area contributed by atoms with Crippen LogP contribution in [0.15, 0.2) is 30.6 Å². The molecule has 0 amide bonds. The van der Waals surface area contributed by atoms with Gasteiger partial charge in [-0.3, -0.25) is 4.98 Å². The van der Waals surface area contributed by atoms with Crippen LogP contribution in [0.5, 0.6) is 0 Å². The third-order valence-corrected chi connectivity index (χ3v) is 7.06. The monoisotopic (exact) mass is 421 g/mol. The molecule has 2 fully saturated rings. The summed E-state index contributed by atoms with van der Waals surface area (Å²) in [5, 5.41) is 6.88. The summed E-state index contributed by atoms with van der Waals surface area (Å²) in [5.41, 5.74) is 5.79. The zero-order valence-corrected chi connectivity index (χ0v) is 18.7. The first-order valence-corrected chi connectivity index (χ1v) is 11.9. The number of aryl methyl sites for hydroxylation is 2. The number of hydrogen-bond donors (Lipinski definition) is 2. The molecule has 2 aliphatic carbocycles. The maximum Gasteiger partial charge on any atom is 0.132 e. The van der Waals surface area contributed by atoms with Gasteiger partial charge in [-0.1, -0.05) is 6.07 Å². The van der Waals surface area contributed by atoms with Crippen molar-refractivity contribution in [3.05, 3.63) is 53.0 Å². The van der Waals surface area contributed by atoms with Crippen molar-refractivity contribution < 1.29 is 4.74 Å². The molecule has 2 aromatic heterocycles. The molecule has 2 aromatic rings. The SMILES string of the molecule is CNCC1Cc2c(ccnc2N2CCOC3(CC3)C2)CN1.c1cnc2c(c1)CCCC2. The first kappa shape index (κ1) is 20.9. The molecule has 31 heavy (non-hydrogen) atoms. The maximum absolute atomic E-state index is 5.94. The van der Waals surface area contributed by atoms with E-state index in [-0.39, 0.29) is 5.60 Å². The van der Waals surface area contributed by atoms with Crippen molar-refractivity contribution in [3.8, 4) is 0 Å². The Morgan fingerprint density at radius 1 is 1.16 bits per heavy atom. The van der Waals surface area contributed by atoms with Gasteiger partial charge in [0.15, 0.2) is 0 Å². The fraction of sp³-hybridized carbons (Fsp3) is 0.600. The minimum Gasteiger partial charge on any atom is -0.371 e. The van der Waals surface area contributed by atoms with Crippen molar-refractivity contribution in [3.63, 3.8) is 0 Å². The smallest absolute Gasteiger partial charge is 0.132 e. The molecule has 1 saturated carbocycles. The highest BCUT2D eigenvalue weighted by atomic mass is 16.5. The number of nitrogens with zero attached hydrogens (tertiary/aromatic N) is 3. The molecule has 4 heterocycles. The Morgan fingerprint density at radius 3 is 2.90 bits per heavy atom. The van der Waals surface area contributed by atoms with Gasteiger partial charge in [0.1, 0.15) is 5.82 Å². The van der Waals surface area contributed by atoms with Gasteiger partial charge in [0, 0.05) is 55.9 Å². The molecule has 1 spiro atoms. The second-order valence-electron chi connectivity index (χ2n) is 9.38. The number of ether oxygens (including phenoxy) is 1. The average Bonchev–Trinajstić information content (AvgIpc) is 3.57. The Hall–Kier alpha value is -2.02. The molecule has 6 nitrogen and oxygen atoms in total. The number of rotatable bonds is 3. The number of fused-ring (bicyclic) bond motifs is 2. The van der Waals surface area contributed by atoms with Gasteiger partial charge in [0.25, 0.3) is 0 Å². The van der Waals surface area contributed by atoms with E-state index in [1.807, 2.05) is 25.5 Å². The molecule has 6 rings (SSSR count). The van der Waals surface area contributed by atoms with Gasteiger partial charge >= 0.3 is 0 Å². The number of morpholine rings is 1. The summed E-state index contributed by atoms with van der Waals surface area (Å²) < 4.78 is 5.94. The first-order chi connectivity index (χ1) is 15.3. The highest BCUT2D eigenvalue weighted by molar-refractivity contribution is 5.53. The van der Waals surface area contributed by atoms with Gasteiger partial charge in [-0.15, -0.1) is 0 Å². The van der Waals surface area contributed by atoms with Gasteiger partial charge in [-0.25, -0.2) is 4.98 Å². The minimum absolute atomic E-state index is 0.153. The summed E-state index contributed by atoms with van der Waals surface area (Å²) in [6.45, 7) is 4.77. The number of nitrogens with one attached hydrogen (secondary N) is 2. The van der Waals surface area contributed by atoms with Crippen LogP contribution in [0, 0.1) is 0 Å². The van der Waals surface area contributed by atoms with Crippen LogP contribution in [-0.4, -0.2) is 54.9 Å². The summed E-state index contributed by atoms with van der Waals surface area (Å²) in [6.07, 6.45) is 12.4. The van der Waals surface area contributed by atoms with Crippen LogP contribution >= 0.6 is 0 Å². The van der Waals surface area contributed by atoms with Crippen molar-refractivity contribution in [2.24, 2.45) is 0 Å². The molecule has 1 saturated heterocycles. The summed E-state index contributed by atoms with van der Waals surface area (Å²) >= 11 is 0. The summed E-state index contributed by atoms with van der Waals surface area (Å²) in [5.74, 6) is 1.20. The zero-order valence-electron chi connectivity index (χ0n) is 18.7. The molecule has 6 heteroatoms. The van der Waals surface area contributed by atoms with Gasteiger partial charge < -0.3 is 20.3 Å². The van der Waals surface area contributed by atoms with Crippen molar-refractivity contribution in [2.45, 2.75) is 63.1 Å². The molecule has 4 aliphatic rings. The van der Waals surface area contributed by atoms with Crippen molar-refractivity contribution >= 4 is 5.82 Å². The van der Waals surface area contributed by atoms with Crippen LogP contribution in [-0.2, 0) is 30.5 Å². The summed E-state index contributed by atoms with van der Waals surface area (Å²) in [4.78, 5) is 11.5. The molecular formula is C25H35N5O. The highest BCUT2D eigenvalue weighted by Gasteiger charge is 2.48. The van der Waals surface area contributed by atoms with E-state index >= 15 is 0 Å². The van der Waals surface area contributed by atoms with E-state index in [9.17, 15) is 0 Å². The molecule has 0 bridgehead atoms. The van der Waals surface area contributed by atoms with E-state index < -0.39 is 0 Å². The van der Waals surface area contributed by atoms with E-state index in [0.29, 0.717) is 6.04 Å². The van der Waals surface area contributed by atoms with E-state index in [0.717, 1.165) is 39.2 Å². The Labute approximate surface area is 185 Å². The van der Waals surface area contributed by atoms with E-state index in [1.54, 1.807) is 0 Å². The second kappa shape index (κ2) is 9.23. The molecule has 1 unspecified atom stereocenters. The predicted octanol–water partition coefficient (Wildman–Crippen LogP) is 2.64. The second-order valence-corrected chi connectivity index (χ2v) is 9.38. The normalized spacial score (nSPS) is 23.4. The van der Waals surface area contributed by atoms with Crippen molar-refractivity contribution in [2.75, 3.05) is 38.2 Å². The maximum atomic E-state index is 5.94. The lowest BCUT2D eigenvalue weighted by molar-refractivity contribution is 0.0203. The van der Waals surface area contributed by atoms with Crippen LogP contribution in [0.25, 0.3) is 0 Å². The van der Waals surface area contributed by atoms with Crippen LogP contribution in [0.4, 0.5) is 5.82 Å². The standard InChI is InChI=1S/C16H24N4O.C9H11N/c1-17-10-13-8-14-12(9-19-13)2-5-18-15(14)20-6-7-21-16(11-20)3-4-16;1-2-6-9-8(4-1)5-3-7-10-9/h2,5,13,17,19H,3-4,6-11H2,1H3;3,5,7H,1-2,4,6H2.